The zero-order valence-electron chi connectivity index (χ0n) is 7.27. The van der Waals surface area contributed by atoms with Gasteiger partial charge in [-0.25, -0.2) is 4.57 Å². The minimum absolute atomic E-state index is 0.0617. The van der Waals surface area contributed by atoms with Crippen molar-refractivity contribution in [2.75, 3.05) is 27.7 Å². The molecule has 0 heterocycles. The standard InChI is InChI=1S/C5H14NO4P/c1-5-9-11(7,8)10-6(2,3)4/h5H2,1-4H3/p+1. The van der Waals surface area contributed by atoms with E-state index in [2.05, 4.69) is 4.52 Å². The van der Waals surface area contributed by atoms with Gasteiger partial charge in [-0.15, -0.1) is 0 Å². The third-order valence-corrected chi connectivity index (χ3v) is 1.92. The molecule has 0 aliphatic carbocycles. The number of quaternary nitrogens is 1. The van der Waals surface area contributed by atoms with Gasteiger partial charge in [0.15, 0.2) is 0 Å². The third kappa shape index (κ3) is 6.47. The van der Waals surface area contributed by atoms with Crippen LogP contribution in [-0.4, -0.2) is 37.3 Å². The van der Waals surface area contributed by atoms with E-state index in [-0.39, 0.29) is 11.3 Å². The molecule has 0 fully saturated rings. The van der Waals surface area contributed by atoms with Crippen molar-refractivity contribution in [2.45, 2.75) is 6.92 Å². The number of rotatable bonds is 4. The van der Waals surface area contributed by atoms with Crippen molar-refractivity contribution < 1.29 is 23.3 Å². The molecule has 0 bridgehead atoms. The first-order chi connectivity index (χ1) is 4.77. The average molecular weight is 184 g/mol. The number of phosphoric acid groups is 1. The molecule has 1 N–H and O–H groups in total. The summed E-state index contributed by atoms with van der Waals surface area (Å²) in [5, 5.41) is 0. The van der Waals surface area contributed by atoms with Crippen LogP contribution in [0.4, 0.5) is 0 Å². The molecule has 0 amide bonds. The molecule has 68 valence electrons. The van der Waals surface area contributed by atoms with Crippen LogP contribution < -0.4 is 0 Å². The molecule has 0 radical (unpaired) electrons. The first-order valence-electron chi connectivity index (χ1n) is 3.27. The maximum absolute atomic E-state index is 10.9. The zero-order valence-corrected chi connectivity index (χ0v) is 8.17. The molecule has 0 aliphatic rings. The van der Waals surface area contributed by atoms with E-state index >= 15 is 0 Å². The number of hydroxylamine groups is 3. The lowest BCUT2D eigenvalue weighted by Gasteiger charge is -2.22. The van der Waals surface area contributed by atoms with Crippen LogP contribution in [0, 0.1) is 0 Å². The van der Waals surface area contributed by atoms with E-state index in [0.717, 1.165) is 0 Å². The quantitative estimate of drug-likeness (QED) is 0.398. The van der Waals surface area contributed by atoms with Gasteiger partial charge in [0.1, 0.15) is 0 Å². The van der Waals surface area contributed by atoms with Crippen LogP contribution >= 0.6 is 7.82 Å². The second-order valence-corrected chi connectivity index (χ2v) is 4.22. The van der Waals surface area contributed by atoms with Crippen LogP contribution in [0.5, 0.6) is 0 Å². The number of hydrogen-bond donors (Lipinski definition) is 1. The Morgan fingerprint density at radius 1 is 1.45 bits per heavy atom. The van der Waals surface area contributed by atoms with E-state index in [1.54, 1.807) is 28.1 Å². The molecule has 0 aromatic carbocycles. The topological polar surface area (TPSA) is 55.8 Å². The Labute approximate surface area is 66.7 Å². The highest BCUT2D eigenvalue weighted by Gasteiger charge is 2.29. The lowest BCUT2D eigenvalue weighted by Crippen LogP contribution is -2.33. The van der Waals surface area contributed by atoms with Gasteiger partial charge in [-0.05, 0) is 6.92 Å². The zero-order chi connectivity index (χ0) is 9.12. The fourth-order valence-electron chi connectivity index (χ4n) is 0.496. The van der Waals surface area contributed by atoms with Gasteiger partial charge in [0, 0.05) is 0 Å². The van der Waals surface area contributed by atoms with Crippen LogP contribution in [0.1, 0.15) is 6.92 Å². The average Bonchev–Trinajstić information content (AvgIpc) is 1.55. The van der Waals surface area contributed by atoms with E-state index < -0.39 is 7.82 Å². The summed E-state index contributed by atoms with van der Waals surface area (Å²) in [6.07, 6.45) is 0. The Kier molecular flexibility index (Phi) is 3.67. The summed E-state index contributed by atoms with van der Waals surface area (Å²) in [4.78, 5) is 8.95. The summed E-state index contributed by atoms with van der Waals surface area (Å²) in [6.45, 7) is 1.79. The molecule has 0 saturated heterocycles. The van der Waals surface area contributed by atoms with Crippen LogP contribution in [0.15, 0.2) is 0 Å². The third-order valence-electron chi connectivity index (χ3n) is 0.640. The van der Waals surface area contributed by atoms with E-state index in [0.29, 0.717) is 0 Å². The lowest BCUT2D eigenvalue weighted by atomic mass is 10.9. The van der Waals surface area contributed by atoms with Crippen LogP contribution in [0.25, 0.3) is 0 Å². The summed E-state index contributed by atoms with van der Waals surface area (Å²) >= 11 is 0. The second kappa shape index (κ2) is 3.65. The van der Waals surface area contributed by atoms with Gasteiger partial charge < -0.3 is 0 Å². The monoisotopic (exact) mass is 184 g/mol. The molecule has 0 aromatic heterocycles. The molecular weight excluding hydrogens is 169 g/mol. The van der Waals surface area contributed by atoms with Crippen molar-refractivity contribution in [1.29, 1.82) is 0 Å². The second-order valence-electron chi connectivity index (χ2n) is 2.86. The molecule has 6 heteroatoms. The molecule has 0 saturated carbocycles. The summed E-state index contributed by atoms with van der Waals surface area (Å²) < 4.78 is 20.0. The maximum atomic E-state index is 10.9. The molecule has 1 atom stereocenters. The van der Waals surface area contributed by atoms with Crippen molar-refractivity contribution in [3.05, 3.63) is 0 Å². The fourth-order valence-corrected chi connectivity index (χ4v) is 1.49. The first kappa shape index (κ1) is 11.1. The maximum Gasteiger partial charge on any atom is 0.518 e. The molecule has 0 spiro atoms. The molecular formula is C5H15NO4P+. The minimum Gasteiger partial charge on any atom is -0.300 e. The van der Waals surface area contributed by atoms with Crippen molar-refractivity contribution in [1.82, 2.24) is 0 Å². The number of phosphoric ester groups is 1. The van der Waals surface area contributed by atoms with Crippen molar-refractivity contribution >= 4 is 7.82 Å². The van der Waals surface area contributed by atoms with E-state index in [9.17, 15) is 4.57 Å². The molecule has 1 unspecified atom stereocenters. The van der Waals surface area contributed by atoms with Gasteiger partial charge in [-0.1, -0.05) is 4.62 Å². The van der Waals surface area contributed by atoms with Gasteiger partial charge in [0.05, 0.1) is 27.7 Å². The highest BCUT2D eigenvalue weighted by Crippen LogP contribution is 2.44. The number of nitrogens with zero attached hydrogens (tertiary/aromatic N) is 1. The van der Waals surface area contributed by atoms with Crippen LogP contribution in [0.2, 0.25) is 0 Å². The normalized spacial score (nSPS) is 17.9. The Bertz CT molecular complexity index is 164. The van der Waals surface area contributed by atoms with Gasteiger partial charge in [0.2, 0.25) is 0 Å². The summed E-state index contributed by atoms with van der Waals surface area (Å²) in [5.74, 6) is 0. The largest absolute Gasteiger partial charge is 0.518 e. The Morgan fingerprint density at radius 3 is 2.18 bits per heavy atom. The molecule has 0 rings (SSSR count). The van der Waals surface area contributed by atoms with Gasteiger partial charge in [-0.3, -0.25) is 9.42 Å². The Balaban J connectivity index is 4.03. The van der Waals surface area contributed by atoms with Crippen molar-refractivity contribution in [2.24, 2.45) is 0 Å². The van der Waals surface area contributed by atoms with Crippen molar-refractivity contribution in [3.63, 3.8) is 0 Å². The molecule has 5 nitrogen and oxygen atoms in total. The Morgan fingerprint density at radius 2 is 1.91 bits per heavy atom. The van der Waals surface area contributed by atoms with Crippen LogP contribution in [-0.2, 0) is 13.7 Å². The predicted octanol–water partition coefficient (Wildman–Crippen LogP) is 0.761. The summed E-state index contributed by atoms with van der Waals surface area (Å²) in [5.41, 5.74) is 0. The fraction of sp³-hybridized carbons (Fsp3) is 1.00. The van der Waals surface area contributed by atoms with Gasteiger partial charge >= 0.3 is 7.82 Å². The van der Waals surface area contributed by atoms with Crippen molar-refractivity contribution in [3.8, 4) is 0 Å². The minimum atomic E-state index is -3.84. The van der Waals surface area contributed by atoms with E-state index in [4.69, 9.17) is 9.52 Å². The smallest absolute Gasteiger partial charge is 0.300 e. The number of hydrogen-bond acceptors (Lipinski definition) is 3. The van der Waals surface area contributed by atoms with E-state index in [1.807, 2.05) is 0 Å². The highest BCUT2D eigenvalue weighted by molar-refractivity contribution is 7.47. The predicted molar refractivity (Wildman–Crippen MR) is 40.6 cm³/mol. The Hall–Kier alpha value is 0.0700. The summed E-state index contributed by atoms with van der Waals surface area (Å²) in [7, 11) is 1.04. The lowest BCUT2D eigenvalue weighted by molar-refractivity contribution is -1.04. The molecule has 0 aliphatic heterocycles. The highest BCUT2D eigenvalue weighted by atomic mass is 31.2. The van der Waals surface area contributed by atoms with E-state index in [1.165, 1.54) is 0 Å². The van der Waals surface area contributed by atoms with Gasteiger partial charge in [-0.2, -0.15) is 4.65 Å². The first-order valence-corrected chi connectivity index (χ1v) is 4.76. The summed E-state index contributed by atoms with van der Waals surface area (Å²) in [6, 6.07) is 0. The molecule has 11 heavy (non-hydrogen) atoms. The van der Waals surface area contributed by atoms with Crippen LogP contribution in [0.3, 0.4) is 0 Å². The SMILES string of the molecule is CCOP(=O)(O)O[N+](C)(C)C. The van der Waals surface area contributed by atoms with Gasteiger partial charge in [0.25, 0.3) is 0 Å². The molecule has 0 aromatic rings.